The minimum Gasteiger partial charge on any atom is -0.396 e. The van der Waals surface area contributed by atoms with Gasteiger partial charge in [0.25, 0.3) is 5.56 Å². The first-order valence-electron chi connectivity index (χ1n) is 5.40. The van der Waals surface area contributed by atoms with Gasteiger partial charge in [0.05, 0.1) is 0 Å². The van der Waals surface area contributed by atoms with Crippen LogP contribution in [-0.2, 0) is 6.54 Å². The standard InChI is InChI=1S/C11H19N3O2/c1-4-14-6-5-12-9(10(14)16)13-7-11(2,3)8-15/h5-6,15H,4,7-8H2,1-3H3,(H,12,13). The molecule has 0 aromatic carbocycles. The number of rotatable bonds is 5. The van der Waals surface area contributed by atoms with Crippen LogP contribution in [0.3, 0.4) is 0 Å². The van der Waals surface area contributed by atoms with Gasteiger partial charge in [0, 0.05) is 37.5 Å². The van der Waals surface area contributed by atoms with E-state index in [9.17, 15) is 4.79 Å². The number of hydrogen-bond donors (Lipinski definition) is 2. The molecule has 0 unspecified atom stereocenters. The summed E-state index contributed by atoms with van der Waals surface area (Å²) in [4.78, 5) is 15.8. The average molecular weight is 225 g/mol. The number of nitrogens with zero attached hydrogens (tertiary/aromatic N) is 2. The van der Waals surface area contributed by atoms with E-state index >= 15 is 0 Å². The smallest absolute Gasteiger partial charge is 0.293 e. The molecule has 0 aliphatic carbocycles. The maximum Gasteiger partial charge on any atom is 0.293 e. The van der Waals surface area contributed by atoms with Gasteiger partial charge < -0.3 is 15.0 Å². The van der Waals surface area contributed by atoms with E-state index in [1.54, 1.807) is 17.0 Å². The van der Waals surface area contributed by atoms with Crippen LogP contribution in [-0.4, -0.2) is 27.8 Å². The minimum absolute atomic E-state index is 0.0643. The van der Waals surface area contributed by atoms with E-state index in [1.807, 2.05) is 20.8 Å². The summed E-state index contributed by atoms with van der Waals surface area (Å²) in [6, 6.07) is 0. The molecule has 1 aromatic rings. The van der Waals surface area contributed by atoms with E-state index in [-0.39, 0.29) is 17.6 Å². The molecule has 16 heavy (non-hydrogen) atoms. The average Bonchev–Trinajstić information content (AvgIpc) is 2.28. The fourth-order valence-corrected chi connectivity index (χ4v) is 1.20. The zero-order valence-electron chi connectivity index (χ0n) is 10.0. The quantitative estimate of drug-likeness (QED) is 0.774. The van der Waals surface area contributed by atoms with Crippen LogP contribution >= 0.6 is 0 Å². The van der Waals surface area contributed by atoms with Crippen LogP contribution in [0.15, 0.2) is 17.2 Å². The SMILES string of the molecule is CCn1ccnc(NCC(C)(C)CO)c1=O. The summed E-state index contributed by atoms with van der Waals surface area (Å²) in [7, 11) is 0. The summed E-state index contributed by atoms with van der Waals surface area (Å²) in [5.74, 6) is 0.339. The van der Waals surface area contributed by atoms with Crippen molar-refractivity contribution in [2.75, 3.05) is 18.5 Å². The molecule has 0 aliphatic rings. The Bertz CT molecular complexity index is 398. The number of hydrogen-bond acceptors (Lipinski definition) is 4. The maximum atomic E-state index is 11.8. The lowest BCUT2D eigenvalue weighted by molar-refractivity contribution is 0.170. The number of aryl methyl sites for hydroxylation is 1. The van der Waals surface area contributed by atoms with Gasteiger partial charge in [-0.3, -0.25) is 4.79 Å². The van der Waals surface area contributed by atoms with Gasteiger partial charge in [0.15, 0.2) is 5.82 Å². The highest BCUT2D eigenvalue weighted by molar-refractivity contribution is 5.31. The Morgan fingerprint density at radius 1 is 1.56 bits per heavy atom. The van der Waals surface area contributed by atoms with Gasteiger partial charge in [-0.25, -0.2) is 4.98 Å². The van der Waals surface area contributed by atoms with Crippen LogP contribution in [0.25, 0.3) is 0 Å². The third-order valence-corrected chi connectivity index (χ3v) is 2.42. The summed E-state index contributed by atoms with van der Waals surface area (Å²) < 4.78 is 1.58. The molecule has 5 heteroatoms. The first-order valence-corrected chi connectivity index (χ1v) is 5.40. The number of aromatic nitrogens is 2. The molecule has 0 amide bonds. The zero-order chi connectivity index (χ0) is 12.2. The highest BCUT2D eigenvalue weighted by Gasteiger charge is 2.17. The predicted molar refractivity (Wildman–Crippen MR) is 63.5 cm³/mol. The molecule has 0 fully saturated rings. The second kappa shape index (κ2) is 5.12. The lowest BCUT2D eigenvalue weighted by Crippen LogP contribution is -2.31. The van der Waals surface area contributed by atoms with Crippen molar-refractivity contribution in [2.24, 2.45) is 5.41 Å². The maximum absolute atomic E-state index is 11.8. The largest absolute Gasteiger partial charge is 0.396 e. The van der Waals surface area contributed by atoms with E-state index in [0.29, 0.717) is 18.9 Å². The molecule has 90 valence electrons. The molecule has 1 heterocycles. The Morgan fingerprint density at radius 2 is 2.25 bits per heavy atom. The van der Waals surface area contributed by atoms with E-state index < -0.39 is 0 Å². The van der Waals surface area contributed by atoms with Crippen LogP contribution in [0.2, 0.25) is 0 Å². The third kappa shape index (κ3) is 3.06. The number of anilines is 1. The normalized spacial score (nSPS) is 11.5. The van der Waals surface area contributed by atoms with Crippen LogP contribution < -0.4 is 10.9 Å². The van der Waals surface area contributed by atoms with Gasteiger partial charge in [-0.1, -0.05) is 13.8 Å². The first kappa shape index (κ1) is 12.7. The second-order valence-electron chi connectivity index (χ2n) is 4.54. The number of aliphatic hydroxyl groups excluding tert-OH is 1. The lowest BCUT2D eigenvalue weighted by atomic mass is 9.95. The lowest BCUT2D eigenvalue weighted by Gasteiger charge is -2.21. The molecule has 0 saturated carbocycles. The summed E-state index contributed by atoms with van der Waals surface area (Å²) in [6.07, 6.45) is 3.25. The van der Waals surface area contributed by atoms with Crippen LogP contribution in [0.1, 0.15) is 20.8 Å². The van der Waals surface area contributed by atoms with E-state index in [4.69, 9.17) is 5.11 Å². The summed E-state index contributed by atoms with van der Waals surface area (Å²) in [5, 5.41) is 12.1. The Morgan fingerprint density at radius 3 is 2.81 bits per heavy atom. The van der Waals surface area contributed by atoms with Crippen molar-refractivity contribution >= 4 is 5.82 Å². The molecule has 5 nitrogen and oxygen atoms in total. The van der Waals surface area contributed by atoms with Crippen molar-refractivity contribution in [3.63, 3.8) is 0 Å². The summed E-state index contributed by atoms with van der Waals surface area (Å²) in [6.45, 7) is 6.94. The molecule has 0 atom stereocenters. The monoisotopic (exact) mass is 225 g/mol. The van der Waals surface area contributed by atoms with Crippen molar-refractivity contribution in [1.82, 2.24) is 9.55 Å². The van der Waals surface area contributed by atoms with Crippen molar-refractivity contribution in [2.45, 2.75) is 27.3 Å². The molecule has 1 aromatic heterocycles. The van der Waals surface area contributed by atoms with Crippen molar-refractivity contribution in [3.8, 4) is 0 Å². The van der Waals surface area contributed by atoms with Gasteiger partial charge in [-0.2, -0.15) is 0 Å². The molecular formula is C11H19N3O2. The van der Waals surface area contributed by atoms with Crippen LogP contribution in [0.4, 0.5) is 5.82 Å². The van der Waals surface area contributed by atoms with Crippen molar-refractivity contribution in [1.29, 1.82) is 0 Å². The van der Waals surface area contributed by atoms with E-state index in [1.165, 1.54) is 0 Å². The van der Waals surface area contributed by atoms with Crippen LogP contribution in [0, 0.1) is 5.41 Å². The van der Waals surface area contributed by atoms with E-state index in [2.05, 4.69) is 10.3 Å². The molecule has 0 aliphatic heterocycles. The zero-order valence-corrected chi connectivity index (χ0v) is 10.0. The summed E-state index contributed by atoms with van der Waals surface area (Å²) in [5.41, 5.74) is -0.389. The number of nitrogens with one attached hydrogen (secondary N) is 1. The summed E-state index contributed by atoms with van der Waals surface area (Å²) >= 11 is 0. The van der Waals surface area contributed by atoms with Gasteiger partial charge in [-0.05, 0) is 6.92 Å². The van der Waals surface area contributed by atoms with E-state index in [0.717, 1.165) is 0 Å². The fraction of sp³-hybridized carbons (Fsp3) is 0.636. The topological polar surface area (TPSA) is 67.2 Å². The Kier molecular flexibility index (Phi) is 4.06. The Hall–Kier alpha value is -1.36. The predicted octanol–water partition coefficient (Wildman–Crippen LogP) is 0.694. The minimum atomic E-state index is -0.263. The molecule has 0 saturated heterocycles. The molecule has 2 N–H and O–H groups in total. The first-order chi connectivity index (χ1) is 7.50. The highest BCUT2D eigenvalue weighted by atomic mass is 16.3. The molecule has 0 bridgehead atoms. The van der Waals surface area contributed by atoms with Crippen molar-refractivity contribution in [3.05, 3.63) is 22.7 Å². The highest BCUT2D eigenvalue weighted by Crippen LogP contribution is 2.13. The van der Waals surface area contributed by atoms with Crippen molar-refractivity contribution < 1.29 is 5.11 Å². The second-order valence-corrected chi connectivity index (χ2v) is 4.54. The Labute approximate surface area is 95.1 Å². The van der Waals surface area contributed by atoms with Gasteiger partial charge in [0.2, 0.25) is 0 Å². The molecule has 0 spiro atoms. The van der Waals surface area contributed by atoms with Gasteiger partial charge in [-0.15, -0.1) is 0 Å². The Balaban J connectivity index is 2.79. The number of aliphatic hydroxyl groups is 1. The van der Waals surface area contributed by atoms with Gasteiger partial charge in [0.1, 0.15) is 0 Å². The van der Waals surface area contributed by atoms with Crippen LogP contribution in [0.5, 0.6) is 0 Å². The third-order valence-electron chi connectivity index (χ3n) is 2.42. The molecule has 1 rings (SSSR count). The molecular weight excluding hydrogens is 206 g/mol. The fourth-order valence-electron chi connectivity index (χ4n) is 1.20. The van der Waals surface area contributed by atoms with Gasteiger partial charge >= 0.3 is 0 Å². The molecule has 0 radical (unpaired) electrons.